The van der Waals surface area contributed by atoms with E-state index in [4.69, 9.17) is 4.74 Å². The molecule has 25 heavy (non-hydrogen) atoms. The topological polar surface area (TPSA) is 41.9 Å². The Morgan fingerprint density at radius 2 is 1.84 bits per heavy atom. The molecule has 1 aliphatic rings. The normalized spacial score (nSPS) is 14.3. The molecule has 0 bridgehead atoms. The Hall–Kier alpha value is -2.62. The van der Waals surface area contributed by atoms with Crippen molar-refractivity contribution >= 4 is 23.6 Å². The van der Waals surface area contributed by atoms with Gasteiger partial charge in [-0.1, -0.05) is 12.1 Å². The maximum absolute atomic E-state index is 11.7. The number of benzene rings is 2. The molecule has 0 unspecified atom stereocenters. The van der Waals surface area contributed by atoms with Gasteiger partial charge in [0.2, 0.25) is 0 Å². The lowest BCUT2D eigenvalue weighted by Crippen LogP contribution is -2.18. The average molecular weight is 336 g/mol. The monoisotopic (exact) mass is 336 g/mol. The molecule has 0 spiro atoms. The largest absolute Gasteiger partial charge is 0.465 e. The fourth-order valence-corrected chi connectivity index (χ4v) is 3.21. The molecule has 0 aromatic heterocycles. The van der Waals surface area contributed by atoms with Gasteiger partial charge in [0.15, 0.2) is 0 Å². The van der Waals surface area contributed by atoms with Gasteiger partial charge < -0.3 is 9.64 Å². The van der Waals surface area contributed by atoms with Crippen molar-refractivity contribution in [3.63, 3.8) is 0 Å². The summed E-state index contributed by atoms with van der Waals surface area (Å²) in [5.74, 6) is -0.345. The second-order valence-electron chi connectivity index (χ2n) is 6.49. The lowest BCUT2D eigenvalue weighted by Gasteiger charge is -2.20. The number of hydrogen-bond acceptors (Lipinski definition) is 4. The van der Waals surface area contributed by atoms with Crippen LogP contribution < -0.4 is 4.90 Å². The molecular formula is C21H24N2O2. The van der Waals surface area contributed by atoms with E-state index < -0.39 is 0 Å². The van der Waals surface area contributed by atoms with Crippen LogP contribution >= 0.6 is 0 Å². The minimum atomic E-state index is -0.345. The van der Waals surface area contributed by atoms with Crippen LogP contribution in [0.25, 0.3) is 0 Å². The number of hydrogen-bond donors (Lipinski definition) is 0. The van der Waals surface area contributed by atoms with Gasteiger partial charge in [0.05, 0.1) is 18.4 Å². The molecule has 0 saturated carbocycles. The van der Waals surface area contributed by atoms with Crippen molar-refractivity contribution in [1.29, 1.82) is 0 Å². The molecule has 0 radical (unpaired) electrons. The first kappa shape index (κ1) is 17.2. The van der Waals surface area contributed by atoms with Crippen LogP contribution in [-0.4, -0.2) is 32.4 Å². The van der Waals surface area contributed by atoms with Crippen molar-refractivity contribution in [2.75, 3.05) is 25.1 Å². The fourth-order valence-electron chi connectivity index (χ4n) is 3.21. The molecule has 4 nitrogen and oxygen atoms in total. The Kier molecular flexibility index (Phi) is 5.17. The van der Waals surface area contributed by atoms with Gasteiger partial charge in [-0.15, -0.1) is 0 Å². The predicted molar refractivity (Wildman–Crippen MR) is 102 cm³/mol. The minimum Gasteiger partial charge on any atom is -0.465 e. The van der Waals surface area contributed by atoms with Crippen LogP contribution in [0.1, 0.15) is 39.9 Å². The molecular weight excluding hydrogens is 312 g/mol. The van der Waals surface area contributed by atoms with Crippen LogP contribution in [-0.2, 0) is 4.74 Å². The Labute approximate surface area is 149 Å². The van der Waals surface area contributed by atoms with E-state index in [2.05, 4.69) is 35.0 Å². The number of nitrogens with zero attached hydrogens (tertiary/aromatic N) is 2. The number of aryl methyl sites for hydroxylation is 2. The SMILES string of the molecule is COC(=O)c1ccc(C)c(N=Cc2ccc(N3CCCC3)c(C)c2)c1. The van der Waals surface area contributed by atoms with Gasteiger partial charge >= 0.3 is 5.97 Å². The van der Waals surface area contributed by atoms with E-state index in [1.165, 1.54) is 31.2 Å². The molecule has 1 aliphatic heterocycles. The third-order valence-corrected chi connectivity index (χ3v) is 4.65. The van der Waals surface area contributed by atoms with Gasteiger partial charge in [0.25, 0.3) is 0 Å². The van der Waals surface area contributed by atoms with Crippen molar-refractivity contribution in [3.8, 4) is 0 Å². The summed E-state index contributed by atoms with van der Waals surface area (Å²) in [6.45, 7) is 6.42. The molecule has 1 heterocycles. The maximum Gasteiger partial charge on any atom is 0.337 e. The van der Waals surface area contributed by atoms with Crippen LogP contribution in [0.4, 0.5) is 11.4 Å². The maximum atomic E-state index is 11.7. The summed E-state index contributed by atoms with van der Waals surface area (Å²) in [6, 6.07) is 11.9. The first-order valence-corrected chi connectivity index (χ1v) is 8.67. The number of ether oxygens (including phenoxy) is 1. The van der Waals surface area contributed by atoms with E-state index in [-0.39, 0.29) is 5.97 Å². The highest BCUT2D eigenvalue weighted by molar-refractivity contribution is 5.91. The first-order chi connectivity index (χ1) is 12.1. The number of methoxy groups -OCH3 is 1. The number of carbonyl (C=O) groups is 1. The van der Waals surface area contributed by atoms with Crippen LogP contribution in [0, 0.1) is 13.8 Å². The van der Waals surface area contributed by atoms with E-state index in [0.29, 0.717) is 5.56 Å². The smallest absolute Gasteiger partial charge is 0.337 e. The van der Waals surface area contributed by atoms with Crippen LogP contribution in [0.5, 0.6) is 0 Å². The number of esters is 1. The van der Waals surface area contributed by atoms with Crippen LogP contribution in [0.2, 0.25) is 0 Å². The molecule has 1 saturated heterocycles. The minimum absolute atomic E-state index is 0.345. The first-order valence-electron chi connectivity index (χ1n) is 8.67. The standard InChI is InChI=1S/C21H24N2O2/c1-15-6-8-18(21(24)25-3)13-19(15)22-14-17-7-9-20(16(2)12-17)23-10-4-5-11-23/h6-9,12-14H,4-5,10-11H2,1-3H3. The molecule has 0 atom stereocenters. The lowest BCUT2D eigenvalue weighted by molar-refractivity contribution is 0.0601. The molecule has 0 N–H and O–H groups in total. The van der Waals surface area contributed by atoms with Gasteiger partial charge in [-0.3, -0.25) is 4.99 Å². The zero-order chi connectivity index (χ0) is 17.8. The van der Waals surface area contributed by atoms with E-state index in [0.717, 1.165) is 29.9 Å². The zero-order valence-corrected chi connectivity index (χ0v) is 15.1. The van der Waals surface area contributed by atoms with Crippen molar-refractivity contribution in [2.45, 2.75) is 26.7 Å². The second kappa shape index (κ2) is 7.51. The molecule has 3 rings (SSSR count). The summed E-state index contributed by atoms with van der Waals surface area (Å²) in [4.78, 5) is 18.7. The number of anilines is 1. The molecule has 130 valence electrons. The molecule has 2 aromatic rings. The second-order valence-corrected chi connectivity index (χ2v) is 6.49. The Balaban J connectivity index is 1.82. The highest BCUT2D eigenvalue weighted by Gasteiger charge is 2.14. The van der Waals surface area contributed by atoms with E-state index in [9.17, 15) is 4.79 Å². The molecule has 0 amide bonds. The molecule has 0 aliphatic carbocycles. The third-order valence-electron chi connectivity index (χ3n) is 4.65. The van der Waals surface area contributed by atoms with Crippen molar-refractivity contribution in [2.24, 2.45) is 4.99 Å². The fraction of sp³-hybridized carbons (Fsp3) is 0.333. The Morgan fingerprint density at radius 1 is 1.08 bits per heavy atom. The van der Waals surface area contributed by atoms with E-state index in [1.54, 1.807) is 12.1 Å². The Morgan fingerprint density at radius 3 is 2.52 bits per heavy atom. The van der Waals surface area contributed by atoms with Crippen molar-refractivity contribution < 1.29 is 9.53 Å². The van der Waals surface area contributed by atoms with Gasteiger partial charge in [-0.25, -0.2) is 4.79 Å². The van der Waals surface area contributed by atoms with Crippen molar-refractivity contribution in [3.05, 3.63) is 58.7 Å². The summed E-state index contributed by atoms with van der Waals surface area (Å²) in [7, 11) is 1.38. The van der Waals surface area contributed by atoms with E-state index >= 15 is 0 Å². The predicted octanol–water partition coefficient (Wildman–Crippen LogP) is 4.44. The van der Waals surface area contributed by atoms with Gasteiger partial charge in [-0.05, 0) is 67.6 Å². The summed E-state index contributed by atoms with van der Waals surface area (Å²) in [5, 5.41) is 0. The molecule has 1 fully saturated rings. The van der Waals surface area contributed by atoms with Crippen LogP contribution in [0.15, 0.2) is 41.4 Å². The third kappa shape index (κ3) is 3.90. The van der Waals surface area contributed by atoms with Crippen molar-refractivity contribution in [1.82, 2.24) is 0 Å². The summed E-state index contributed by atoms with van der Waals surface area (Å²) >= 11 is 0. The Bertz CT molecular complexity index is 806. The highest BCUT2D eigenvalue weighted by Crippen LogP contribution is 2.25. The number of carbonyl (C=O) groups excluding carboxylic acids is 1. The number of aliphatic imine (C=N–C) groups is 1. The quantitative estimate of drug-likeness (QED) is 0.612. The molecule has 4 heteroatoms. The zero-order valence-electron chi connectivity index (χ0n) is 15.1. The average Bonchev–Trinajstić information content (AvgIpc) is 3.14. The number of rotatable bonds is 4. The lowest BCUT2D eigenvalue weighted by atomic mass is 10.1. The summed E-state index contributed by atoms with van der Waals surface area (Å²) in [6.07, 6.45) is 4.40. The van der Waals surface area contributed by atoms with Crippen LogP contribution in [0.3, 0.4) is 0 Å². The summed E-state index contributed by atoms with van der Waals surface area (Å²) in [5.41, 5.74) is 5.96. The van der Waals surface area contributed by atoms with Gasteiger partial charge in [0, 0.05) is 25.0 Å². The molecule has 2 aromatic carbocycles. The van der Waals surface area contributed by atoms with Gasteiger partial charge in [-0.2, -0.15) is 0 Å². The highest BCUT2D eigenvalue weighted by atomic mass is 16.5. The van der Waals surface area contributed by atoms with E-state index in [1.807, 2.05) is 19.2 Å². The summed E-state index contributed by atoms with van der Waals surface area (Å²) < 4.78 is 4.78. The van der Waals surface area contributed by atoms with Gasteiger partial charge in [0.1, 0.15) is 0 Å².